The van der Waals surface area contributed by atoms with E-state index in [0.717, 1.165) is 22.2 Å². The van der Waals surface area contributed by atoms with Gasteiger partial charge in [-0.05, 0) is 36.2 Å². The number of hydrogen-bond acceptors (Lipinski definition) is 3. The van der Waals surface area contributed by atoms with Crippen LogP contribution < -0.4 is 0 Å². The van der Waals surface area contributed by atoms with E-state index in [1.165, 1.54) is 0 Å². The van der Waals surface area contributed by atoms with Crippen molar-refractivity contribution in [2.24, 2.45) is 0 Å². The van der Waals surface area contributed by atoms with Crippen LogP contribution in [0.15, 0.2) is 48.5 Å². The van der Waals surface area contributed by atoms with Crippen molar-refractivity contribution in [1.82, 2.24) is 10.2 Å². The normalized spacial score (nSPS) is 10.8. The molecule has 0 bridgehead atoms. The highest BCUT2D eigenvalue weighted by Gasteiger charge is 2.15. The minimum Gasteiger partial charge on any atom is -0.289 e. The molecule has 3 nitrogen and oxygen atoms in total. The van der Waals surface area contributed by atoms with Crippen molar-refractivity contribution in [2.45, 2.75) is 20.3 Å². The van der Waals surface area contributed by atoms with Gasteiger partial charge in [0.1, 0.15) is 0 Å². The molecule has 0 fully saturated rings. The van der Waals surface area contributed by atoms with Gasteiger partial charge in [-0.2, -0.15) is 10.2 Å². The van der Waals surface area contributed by atoms with Crippen LogP contribution in [-0.2, 0) is 6.42 Å². The second-order valence-corrected chi connectivity index (χ2v) is 5.09. The first-order valence-corrected chi connectivity index (χ1v) is 7.05. The van der Waals surface area contributed by atoms with E-state index in [0.29, 0.717) is 17.5 Å². The Morgan fingerprint density at radius 3 is 2.52 bits per heavy atom. The van der Waals surface area contributed by atoms with Crippen LogP contribution in [0.25, 0.3) is 10.8 Å². The monoisotopic (exact) mass is 276 g/mol. The third kappa shape index (κ3) is 2.55. The number of fused-ring (bicyclic) bond motifs is 1. The Kier molecular flexibility index (Phi) is 3.48. The number of carbonyl (C=O) groups excluding carboxylic acids is 1. The third-order valence-corrected chi connectivity index (χ3v) is 3.58. The van der Waals surface area contributed by atoms with Crippen molar-refractivity contribution in [1.29, 1.82) is 0 Å². The second kappa shape index (κ2) is 5.44. The van der Waals surface area contributed by atoms with E-state index in [2.05, 4.69) is 10.2 Å². The van der Waals surface area contributed by atoms with Crippen molar-refractivity contribution in [3.05, 3.63) is 71.0 Å². The summed E-state index contributed by atoms with van der Waals surface area (Å²) in [7, 11) is 0. The molecule has 104 valence electrons. The first kappa shape index (κ1) is 13.4. The molecule has 0 radical (unpaired) electrons. The molecule has 3 aromatic rings. The molecule has 0 unspecified atom stereocenters. The first-order chi connectivity index (χ1) is 10.2. The van der Waals surface area contributed by atoms with Crippen LogP contribution in [-0.4, -0.2) is 16.0 Å². The summed E-state index contributed by atoms with van der Waals surface area (Å²) >= 11 is 0. The molecular weight excluding hydrogens is 260 g/mol. The zero-order chi connectivity index (χ0) is 14.8. The molecule has 2 aromatic carbocycles. The van der Waals surface area contributed by atoms with E-state index in [9.17, 15) is 4.79 Å². The van der Waals surface area contributed by atoms with Gasteiger partial charge in [0, 0.05) is 11.1 Å². The van der Waals surface area contributed by atoms with E-state index in [-0.39, 0.29) is 5.78 Å². The van der Waals surface area contributed by atoms with Crippen LogP contribution in [0.4, 0.5) is 0 Å². The standard InChI is InChI=1S/C18H16N2O/c1-3-17-16(10-12(2)19-20-17)18(21)15-9-8-13-6-4-5-7-14(13)11-15/h4-11H,3H2,1-2H3. The molecule has 0 saturated carbocycles. The van der Waals surface area contributed by atoms with E-state index in [4.69, 9.17) is 0 Å². The molecule has 3 rings (SSSR count). The lowest BCUT2D eigenvalue weighted by molar-refractivity contribution is 0.103. The van der Waals surface area contributed by atoms with Gasteiger partial charge in [0.05, 0.1) is 11.4 Å². The number of hydrogen-bond donors (Lipinski definition) is 0. The summed E-state index contributed by atoms with van der Waals surface area (Å²) in [5.74, 6) is 0.00982. The summed E-state index contributed by atoms with van der Waals surface area (Å²) in [6.45, 7) is 3.83. The summed E-state index contributed by atoms with van der Waals surface area (Å²) in [5.41, 5.74) is 2.85. The average molecular weight is 276 g/mol. The minimum absolute atomic E-state index is 0.00982. The first-order valence-electron chi connectivity index (χ1n) is 7.05. The van der Waals surface area contributed by atoms with E-state index in [1.54, 1.807) is 0 Å². The lowest BCUT2D eigenvalue weighted by Crippen LogP contribution is -2.09. The SMILES string of the molecule is CCc1nnc(C)cc1C(=O)c1ccc2ccccc2c1. The van der Waals surface area contributed by atoms with Crippen LogP contribution >= 0.6 is 0 Å². The van der Waals surface area contributed by atoms with Gasteiger partial charge in [0.15, 0.2) is 5.78 Å². The molecule has 21 heavy (non-hydrogen) atoms. The molecule has 0 aliphatic heterocycles. The lowest BCUT2D eigenvalue weighted by atomic mass is 9.98. The number of rotatable bonds is 3. The largest absolute Gasteiger partial charge is 0.289 e. The summed E-state index contributed by atoms with van der Waals surface area (Å²) in [6.07, 6.45) is 0.696. The summed E-state index contributed by atoms with van der Waals surface area (Å²) in [6, 6.07) is 15.6. The highest BCUT2D eigenvalue weighted by molar-refractivity contribution is 6.11. The summed E-state index contributed by atoms with van der Waals surface area (Å²) < 4.78 is 0. The molecular formula is C18H16N2O. The van der Waals surface area contributed by atoms with Gasteiger partial charge in [-0.25, -0.2) is 0 Å². The van der Waals surface area contributed by atoms with Gasteiger partial charge in [-0.15, -0.1) is 0 Å². The molecule has 0 amide bonds. The molecule has 1 heterocycles. The van der Waals surface area contributed by atoms with Gasteiger partial charge in [0.2, 0.25) is 0 Å². The number of ketones is 1. The van der Waals surface area contributed by atoms with Crippen LogP contribution in [0.5, 0.6) is 0 Å². The molecule has 1 aromatic heterocycles. The third-order valence-electron chi connectivity index (χ3n) is 3.58. The highest BCUT2D eigenvalue weighted by Crippen LogP contribution is 2.19. The molecule has 0 saturated heterocycles. The number of nitrogens with zero attached hydrogens (tertiary/aromatic N) is 2. The molecule has 0 N–H and O–H groups in total. The summed E-state index contributed by atoms with van der Waals surface area (Å²) in [5, 5.41) is 10.4. The fourth-order valence-corrected chi connectivity index (χ4v) is 2.46. The number of carbonyl (C=O) groups is 1. The topological polar surface area (TPSA) is 42.9 Å². The smallest absolute Gasteiger partial charge is 0.195 e. The van der Waals surface area contributed by atoms with E-state index in [1.807, 2.05) is 62.4 Å². The van der Waals surface area contributed by atoms with E-state index >= 15 is 0 Å². The summed E-state index contributed by atoms with van der Waals surface area (Å²) in [4.78, 5) is 12.8. The van der Waals surface area contributed by atoms with Crippen LogP contribution in [0.3, 0.4) is 0 Å². The van der Waals surface area contributed by atoms with Gasteiger partial charge in [0.25, 0.3) is 0 Å². The zero-order valence-corrected chi connectivity index (χ0v) is 12.1. The minimum atomic E-state index is 0.00982. The highest BCUT2D eigenvalue weighted by atomic mass is 16.1. The number of benzene rings is 2. The Balaban J connectivity index is 2.10. The fourth-order valence-electron chi connectivity index (χ4n) is 2.46. The molecule has 0 aliphatic carbocycles. The maximum atomic E-state index is 12.8. The molecule has 3 heteroatoms. The van der Waals surface area contributed by atoms with Crippen LogP contribution in [0, 0.1) is 6.92 Å². The molecule has 0 atom stereocenters. The Morgan fingerprint density at radius 2 is 1.76 bits per heavy atom. The molecule has 0 spiro atoms. The van der Waals surface area contributed by atoms with Crippen molar-refractivity contribution < 1.29 is 4.79 Å². The Hall–Kier alpha value is -2.55. The molecule has 0 aliphatic rings. The van der Waals surface area contributed by atoms with Gasteiger partial charge < -0.3 is 0 Å². The van der Waals surface area contributed by atoms with Crippen molar-refractivity contribution >= 4 is 16.6 Å². The fraction of sp³-hybridized carbons (Fsp3) is 0.167. The van der Waals surface area contributed by atoms with Crippen molar-refractivity contribution in [3.8, 4) is 0 Å². The van der Waals surface area contributed by atoms with Gasteiger partial charge in [-0.1, -0.05) is 43.3 Å². The van der Waals surface area contributed by atoms with E-state index < -0.39 is 0 Å². The number of aromatic nitrogens is 2. The Morgan fingerprint density at radius 1 is 1.00 bits per heavy atom. The zero-order valence-electron chi connectivity index (χ0n) is 12.1. The predicted octanol–water partition coefficient (Wildman–Crippen LogP) is 3.73. The van der Waals surface area contributed by atoms with Gasteiger partial charge in [-0.3, -0.25) is 4.79 Å². The second-order valence-electron chi connectivity index (χ2n) is 5.09. The predicted molar refractivity (Wildman–Crippen MR) is 83.5 cm³/mol. The van der Waals surface area contributed by atoms with Crippen molar-refractivity contribution in [2.75, 3.05) is 0 Å². The quantitative estimate of drug-likeness (QED) is 0.684. The maximum absolute atomic E-state index is 12.8. The number of aryl methyl sites for hydroxylation is 2. The Bertz CT molecular complexity index is 824. The maximum Gasteiger partial charge on any atom is 0.195 e. The Labute approximate surface area is 123 Å². The van der Waals surface area contributed by atoms with Crippen LogP contribution in [0.1, 0.15) is 34.2 Å². The average Bonchev–Trinajstić information content (AvgIpc) is 2.53. The van der Waals surface area contributed by atoms with Crippen molar-refractivity contribution in [3.63, 3.8) is 0 Å². The van der Waals surface area contributed by atoms with Crippen LogP contribution in [0.2, 0.25) is 0 Å². The van der Waals surface area contributed by atoms with Gasteiger partial charge >= 0.3 is 0 Å². The lowest BCUT2D eigenvalue weighted by Gasteiger charge is -2.07.